The van der Waals surface area contributed by atoms with E-state index in [0.29, 0.717) is 0 Å². The van der Waals surface area contributed by atoms with E-state index >= 15 is 0 Å². The Hall–Kier alpha value is -1.68. The Morgan fingerprint density at radius 2 is 2.44 bits per heavy atom. The molecule has 0 bridgehead atoms. The third kappa shape index (κ3) is 1.97. The van der Waals surface area contributed by atoms with E-state index in [1.807, 2.05) is 18.2 Å². The lowest BCUT2D eigenvalue weighted by atomic mass is 9.96. The predicted octanol–water partition coefficient (Wildman–Crippen LogP) is 1.70. The second kappa shape index (κ2) is 4.06. The average molecular weight is 219 g/mol. The minimum absolute atomic E-state index is 0.162. The van der Waals surface area contributed by atoms with Gasteiger partial charge in [-0.2, -0.15) is 0 Å². The van der Waals surface area contributed by atoms with Crippen LogP contribution in [0.25, 0.3) is 0 Å². The summed E-state index contributed by atoms with van der Waals surface area (Å²) in [6, 6.07) is 0. The molecule has 1 N–H and O–H groups in total. The van der Waals surface area contributed by atoms with E-state index in [1.54, 1.807) is 6.08 Å². The van der Waals surface area contributed by atoms with Crippen LogP contribution in [0.1, 0.15) is 12.8 Å². The van der Waals surface area contributed by atoms with Gasteiger partial charge in [0.25, 0.3) is 0 Å². The topological polar surface area (TPSA) is 58.9 Å². The summed E-state index contributed by atoms with van der Waals surface area (Å²) in [5, 5.41) is 8.84. The van der Waals surface area contributed by atoms with Crippen molar-refractivity contribution in [3.05, 3.63) is 36.0 Å². The number of aliphatic carboxylic acids is 1. The molecular weight excluding hydrogens is 206 g/mol. The monoisotopic (exact) mass is 219 g/mol. The standard InChI is InChI=1S/C12H13NO3/c1-16-12(8-11(14)15)7-6-9-4-2-3-5-10(9)13-12/h3-7H,2,8H2,1H3,(H,14,15). The van der Waals surface area contributed by atoms with Crippen molar-refractivity contribution in [3.63, 3.8) is 0 Å². The van der Waals surface area contributed by atoms with E-state index in [0.717, 1.165) is 17.7 Å². The van der Waals surface area contributed by atoms with Crippen molar-refractivity contribution in [3.8, 4) is 0 Å². The van der Waals surface area contributed by atoms with E-state index in [-0.39, 0.29) is 6.42 Å². The molecule has 1 aliphatic heterocycles. The fourth-order valence-electron chi connectivity index (χ4n) is 1.79. The molecule has 4 heteroatoms. The number of carbonyl (C=O) groups is 1. The first-order valence-corrected chi connectivity index (χ1v) is 5.08. The van der Waals surface area contributed by atoms with Crippen molar-refractivity contribution >= 4 is 11.7 Å². The maximum Gasteiger partial charge on any atom is 0.308 e. The smallest absolute Gasteiger partial charge is 0.308 e. The number of hydrogen-bond acceptors (Lipinski definition) is 3. The van der Waals surface area contributed by atoms with E-state index in [4.69, 9.17) is 9.84 Å². The van der Waals surface area contributed by atoms with Gasteiger partial charge in [-0.3, -0.25) is 4.79 Å². The van der Waals surface area contributed by atoms with Gasteiger partial charge < -0.3 is 9.84 Å². The summed E-state index contributed by atoms with van der Waals surface area (Å²) in [4.78, 5) is 15.1. The number of aliphatic imine (C=N–C) groups is 1. The molecule has 4 nitrogen and oxygen atoms in total. The number of rotatable bonds is 3. The van der Waals surface area contributed by atoms with Gasteiger partial charge in [-0.25, -0.2) is 4.99 Å². The number of allylic oxidation sites excluding steroid dienone is 5. The Bertz CT molecular complexity index is 432. The minimum Gasteiger partial charge on any atom is -0.481 e. The van der Waals surface area contributed by atoms with Gasteiger partial charge in [0.05, 0.1) is 12.1 Å². The second-order valence-electron chi connectivity index (χ2n) is 3.75. The molecule has 1 aliphatic carbocycles. The van der Waals surface area contributed by atoms with Crippen LogP contribution in [0.3, 0.4) is 0 Å². The van der Waals surface area contributed by atoms with Crippen LogP contribution in [-0.4, -0.2) is 29.6 Å². The van der Waals surface area contributed by atoms with Crippen molar-refractivity contribution < 1.29 is 14.6 Å². The lowest BCUT2D eigenvalue weighted by molar-refractivity contribution is -0.141. The molecule has 16 heavy (non-hydrogen) atoms. The van der Waals surface area contributed by atoms with Gasteiger partial charge in [0.1, 0.15) is 0 Å². The summed E-state index contributed by atoms with van der Waals surface area (Å²) in [6.45, 7) is 0. The van der Waals surface area contributed by atoms with E-state index in [9.17, 15) is 4.79 Å². The molecule has 0 amide bonds. The molecule has 0 aromatic carbocycles. The van der Waals surface area contributed by atoms with Crippen molar-refractivity contribution in [1.29, 1.82) is 0 Å². The number of hydrogen-bond donors (Lipinski definition) is 1. The molecule has 0 aromatic rings. The van der Waals surface area contributed by atoms with Gasteiger partial charge >= 0.3 is 5.97 Å². The van der Waals surface area contributed by atoms with Crippen LogP contribution in [0.5, 0.6) is 0 Å². The molecule has 0 spiro atoms. The first kappa shape index (κ1) is 10.8. The Morgan fingerprint density at radius 3 is 3.12 bits per heavy atom. The van der Waals surface area contributed by atoms with Crippen molar-refractivity contribution in [2.24, 2.45) is 4.99 Å². The van der Waals surface area contributed by atoms with Crippen molar-refractivity contribution in [2.45, 2.75) is 18.6 Å². The van der Waals surface area contributed by atoms with Gasteiger partial charge in [0.15, 0.2) is 5.72 Å². The van der Waals surface area contributed by atoms with Gasteiger partial charge in [-0.1, -0.05) is 18.2 Å². The molecule has 2 aliphatic rings. The Morgan fingerprint density at radius 1 is 1.62 bits per heavy atom. The lowest BCUT2D eigenvalue weighted by Crippen LogP contribution is -2.33. The number of ether oxygens (including phenoxy) is 1. The van der Waals surface area contributed by atoms with Crippen LogP contribution in [0.15, 0.2) is 40.9 Å². The molecule has 1 atom stereocenters. The van der Waals surface area contributed by atoms with Crippen LogP contribution in [0.4, 0.5) is 0 Å². The number of carboxylic acids is 1. The van der Waals surface area contributed by atoms with E-state index in [2.05, 4.69) is 11.1 Å². The first-order valence-electron chi connectivity index (χ1n) is 5.08. The fraction of sp³-hybridized carbons (Fsp3) is 0.333. The van der Waals surface area contributed by atoms with E-state index in [1.165, 1.54) is 7.11 Å². The third-order valence-electron chi connectivity index (χ3n) is 2.64. The molecule has 0 saturated heterocycles. The highest BCUT2D eigenvalue weighted by molar-refractivity contribution is 6.12. The molecule has 0 aromatic heterocycles. The number of nitrogens with zero attached hydrogens (tertiary/aromatic N) is 1. The molecule has 0 saturated carbocycles. The van der Waals surface area contributed by atoms with E-state index < -0.39 is 11.7 Å². The quantitative estimate of drug-likeness (QED) is 0.785. The SMILES string of the molecule is COC1(CC(=O)O)C=CC2=CCC=CC2=N1. The zero-order valence-corrected chi connectivity index (χ0v) is 9.01. The highest BCUT2D eigenvalue weighted by Crippen LogP contribution is 2.27. The van der Waals surface area contributed by atoms with Gasteiger partial charge in [-0.05, 0) is 24.1 Å². The highest BCUT2D eigenvalue weighted by Gasteiger charge is 2.32. The van der Waals surface area contributed by atoms with Crippen molar-refractivity contribution in [1.82, 2.24) is 0 Å². The fourth-order valence-corrected chi connectivity index (χ4v) is 1.79. The summed E-state index contributed by atoms with van der Waals surface area (Å²) in [6.07, 6.45) is 10.2. The van der Waals surface area contributed by atoms with Gasteiger partial charge in [0.2, 0.25) is 0 Å². The molecular formula is C12H13NO3. The maximum atomic E-state index is 10.8. The normalized spacial score (nSPS) is 27.1. The molecule has 1 heterocycles. The zero-order valence-electron chi connectivity index (χ0n) is 9.01. The average Bonchev–Trinajstić information content (AvgIpc) is 2.28. The first-order chi connectivity index (χ1) is 7.65. The van der Waals surface area contributed by atoms with Crippen molar-refractivity contribution in [2.75, 3.05) is 7.11 Å². The number of dihydropyridines is 1. The van der Waals surface area contributed by atoms with Crippen LogP contribution >= 0.6 is 0 Å². The zero-order chi connectivity index (χ0) is 11.6. The second-order valence-corrected chi connectivity index (χ2v) is 3.75. The number of fused-ring (bicyclic) bond motifs is 1. The minimum atomic E-state index is -1.06. The lowest BCUT2D eigenvalue weighted by Gasteiger charge is -2.28. The Balaban J connectivity index is 2.33. The maximum absolute atomic E-state index is 10.8. The van der Waals surface area contributed by atoms with Crippen LogP contribution in [0.2, 0.25) is 0 Å². The molecule has 84 valence electrons. The molecule has 1 unspecified atom stereocenters. The van der Waals surface area contributed by atoms with Gasteiger partial charge in [-0.15, -0.1) is 0 Å². The summed E-state index contributed by atoms with van der Waals surface area (Å²) < 4.78 is 5.22. The summed E-state index contributed by atoms with van der Waals surface area (Å²) in [7, 11) is 1.47. The van der Waals surface area contributed by atoms with Crippen LogP contribution in [-0.2, 0) is 9.53 Å². The highest BCUT2D eigenvalue weighted by atomic mass is 16.5. The largest absolute Gasteiger partial charge is 0.481 e. The van der Waals surface area contributed by atoms with Crippen LogP contribution < -0.4 is 0 Å². The van der Waals surface area contributed by atoms with Gasteiger partial charge in [0, 0.05) is 7.11 Å². The molecule has 0 fully saturated rings. The predicted molar refractivity (Wildman–Crippen MR) is 60.4 cm³/mol. The number of methoxy groups -OCH3 is 1. The third-order valence-corrected chi connectivity index (χ3v) is 2.64. The molecule has 0 radical (unpaired) electrons. The van der Waals surface area contributed by atoms with Crippen LogP contribution in [0, 0.1) is 0 Å². The Kier molecular flexibility index (Phi) is 2.75. The summed E-state index contributed by atoms with van der Waals surface area (Å²) >= 11 is 0. The summed E-state index contributed by atoms with van der Waals surface area (Å²) in [5.41, 5.74) is 0.762. The summed E-state index contributed by atoms with van der Waals surface area (Å²) in [5.74, 6) is -0.928. The molecule has 2 rings (SSSR count). The Labute approximate surface area is 93.6 Å². The number of carboxylic acid groups (broad SMARTS) is 1.